The van der Waals surface area contributed by atoms with Gasteiger partial charge in [-0.3, -0.25) is 19.3 Å². The molecule has 7 nitrogen and oxygen atoms in total. The summed E-state index contributed by atoms with van der Waals surface area (Å²) in [6.45, 7) is 3.24. The zero-order chi connectivity index (χ0) is 19.6. The Morgan fingerprint density at radius 2 is 1.96 bits per heavy atom. The van der Waals surface area contributed by atoms with Crippen LogP contribution in [0.5, 0.6) is 0 Å². The standard InChI is InChI=1S/C20H25N3O4/c1-3-14-7-9-20(10-8-14)18(26)23(19(27)22-20)12-17(25)21-16-6-4-5-15(11-16)13(2)24/h4-6,11,14H,3,7-10,12H2,1-2H3,(H,21,25)(H,22,27). The first-order valence-corrected chi connectivity index (χ1v) is 9.39. The molecule has 1 heterocycles. The van der Waals surface area contributed by atoms with Crippen LogP contribution in [0.4, 0.5) is 10.5 Å². The summed E-state index contributed by atoms with van der Waals surface area (Å²) in [6, 6.07) is 6.04. The summed E-state index contributed by atoms with van der Waals surface area (Å²) in [7, 11) is 0. The lowest BCUT2D eigenvalue weighted by Crippen LogP contribution is -2.49. The first-order valence-electron chi connectivity index (χ1n) is 9.39. The van der Waals surface area contributed by atoms with Crippen molar-refractivity contribution in [2.45, 2.75) is 51.5 Å². The molecule has 1 saturated heterocycles. The molecule has 1 aliphatic carbocycles. The quantitative estimate of drug-likeness (QED) is 0.614. The second-order valence-corrected chi connectivity index (χ2v) is 7.44. The summed E-state index contributed by atoms with van der Waals surface area (Å²) in [6.07, 6.45) is 4.12. The number of nitrogens with zero attached hydrogens (tertiary/aromatic N) is 1. The fourth-order valence-electron chi connectivity index (χ4n) is 3.90. The maximum Gasteiger partial charge on any atom is 0.325 e. The SMILES string of the molecule is CCC1CCC2(CC1)NC(=O)N(CC(=O)Nc1cccc(C(C)=O)c1)C2=O. The van der Waals surface area contributed by atoms with E-state index in [-0.39, 0.29) is 18.2 Å². The van der Waals surface area contributed by atoms with E-state index in [0.29, 0.717) is 30.0 Å². The number of Topliss-reactive ketones (excluding diaryl/α,β-unsaturated/α-hetero) is 1. The molecule has 144 valence electrons. The lowest BCUT2D eigenvalue weighted by molar-refractivity contribution is -0.135. The Morgan fingerprint density at radius 3 is 2.59 bits per heavy atom. The Labute approximate surface area is 158 Å². The van der Waals surface area contributed by atoms with Crippen LogP contribution in [0.25, 0.3) is 0 Å². The number of nitrogens with one attached hydrogen (secondary N) is 2. The van der Waals surface area contributed by atoms with Crippen LogP contribution in [0.2, 0.25) is 0 Å². The van der Waals surface area contributed by atoms with Crippen LogP contribution in [0.3, 0.4) is 0 Å². The van der Waals surface area contributed by atoms with E-state index in [1.165, 1.54) is 6.92 Å². The van der Waals surface area contributed by atoms with E-state index in [1.807, 2.05) is 0 Å². The Hall–Kier alpha value is -2.70. The summed E-state index contributed by atoms with van der Waals surface area (Å²) in [4.78, 5) is 49.9. The minimum Gasteiger partial charge on any atom is -0.325 e. The van der Waals surface area contributed by atoms with Crippen LogP contribution < -0.4 is 10.6 Å². The third-order valence-electron chi connectivity index (χ3n) is 5.64. The Bertz CT molecular complexity index is 781. The van der Waals surface area contributed by atoms with Gasteiger partial charge in [-0.1, -0.05) is 25.5 Å². The van der Waals surface area contributed by atoms with Crippen LogP contribution in [-0.2, 0) is 9.59 Å². The molecule has 27 heavy (non-hydrogen) atoms. The fraction of sp³-hybridized carbons (Fsp3) is 0.500. The maximum atomic E-state index is 12.8. The van der Waals surface area contributed by atoms with E-state index < -0.39 is 17.5 Å². The average molecular weight is 371 g/mol. The number of ketones is 1. The van der Waals surface area contributed by atoms with Crippen LogP contribution in [0.15, 0.2) is 24.3 Å². The van der Waals surface area contributed by atoms with Crippen LogP contribution in [-0.4, -0.2) is 40.6 Å². The number of urea groups is 1. The van der Waals surface area contributed by atoms with Crippen molar-refractivity contribution in [3.63, 3.8) is 0 Å². The summed E-state index contributed by atoms with van der Waals surface area (Å²) < 4.78 is 0. The van der Waals surface area contributed by atoms with Gasteiger partial charge in [0.05, 0.1) is 0 Å². The molecule has 2 N–H and O–H groups in total. The number of rotatable bonds is 5. The number of carbonyl (C=O) groups is 4. The van der Waals surface area contributed by atoms with Crippen molar-refractivity contribution in [3.8, 4) is 0 Å². The zero-order valence-electron chi connectivity index (χ0n) is 15.7. The summed E-state index contributed by atoms with van der Waals surface area (Å²) in [5, 5.41) is 5.47. The number of amides is 4. The highest BCUT2D eigenvalue weighted by atomic mass is 16.2. The first kappa shape index (κ1) is 19.1. The molecule has 1 spiro atoms. The molecule has 1 aromatic carbocycles. The van der Waals surface area contributed by atoms with Gasteiger partial charge >= 0.3 is 6.03 Å². The third kappa shape index (κ3) is 3.86. The fourth-order valence-corrected chi connectivity index (χ4v) is 3.90. The normalized spacial score (nSPS) is 24.8. The van der Waals surface area contributed by atoms with E-state index in [1.54, 1.807) is 24.3 Å². The van der Waals surface area contributed by atoms with Gasteiger partial charge in [-0.05, 0) is 50.7 Å². The van der Waals surface area contributed by atoms with Crippen molar-refractivity contribution in [1.29, 1.82) is 0 Å². The lowest BCUT2D eigenvalue weighted by atomic mass is 9.75. The van der Waals surface area contributed by atoms with Gasteiger partial charge in [0.1, 0.15) is 12.1 Å². The first-order chi connectivity index (χ1) is 12.8. The smallest absolute Gasteiger partial charge is 0.325 e. The van der Waals surface area contributed by atoms with Gasteiger partial charge in [0.15, 0.2) is 5.78 Å². The predicted octanol–water partition coefficient (Wildman–Crippen LogP) is 2.72. The number of carbonyl (C=O) groups excluding carboxylic acids is 4. The highest BCUT2D eigenvalue weighted by molar-refractivity contribution is 6.10. The number of hydrogen-bond donors (Lipinski definition) is 2. The van der Waals surface area contributed by atoms with Crippen LogP contribution in [0.1, 0.15) is 56.3 Å². The summed E-state index contributed by atoms with van der Waals surface area (Å²) in [5.74, 6) is -0.302. The number of hydrogen-bond acceptors (Lipinski definition) is 4. The van der Waals surface area contributed by atoms with E-state index in [9.17, 15) is 19.2 Å². The number of anilines is 1. The predicted molar refractivity (Wildman–Crippen MR) is 100 cm³/mol. The molecule has 0 radical (unpaired) electrons. The minimum absolute atomic E-state index is 0.107. The van der Waals surface area contributed by atoms with Crippen molar-refractivity contribution in [3.05, 3.63) is 29.8 Å². The molecule has 1 aromatic rings. The summed E-state index contributed by atoms with van der Waals surface area (Å²) >= 11 is 0. The molecule has 0 aromatic heterocycles. The molecule has 3 rings (SSSR count). The van der Waals surface area contributed by atoms with Crippen molar-refractivity contribution < 1.29 is 19.2 Å². The largest absolute Gasteiger partial charge is 0.325 e. The third-order valence-corrected chi connectivity index (χ3v) is 5.64. The average Bonchev–Trinajstić information content (AvgIpc) is 2.87. The Kier molecular flexibility index (Phi) is 5.30. The molecular weight excluding hydrogens is 346 g/mol. The van der Waals surface area contributed by atoms with Crippen molar-refractivity contribution in [2.24, 2.45) is 5.92 Å². The van der Waals surface area contributed by atoms with E-state index in [2.05, 4.69) is 17.6 Å². The van der Waals surface area contributed by atoms with Gasteiger partial charge < -0.3 is 10.6 Å². The number of benzene rings is 1. The lowest BCUT2D eigenvalue weighted by Gasteiger charge is -2.34. The zero-order valence-corrected chi connectivity index (χ0v) is 15.7. The van der Waals surface area contributed by atoms with Crippen molar-refractivity contribution >= 4 is 29.3 Å². The van der Waals surface area contributed by atoms with Crippen LogP contribution in [0, 0.1) is 5.92 Å². The highest BCUT2D eigenvalue weighted by Gasteiger charge is 2.52. The molecular formula is C20H25N3O4. The summed E-state index contributed by atoms with van der Waals surface area (Å²) in [5.41, 5.74) is 0.0877. The van der Waals surface area contributed by atoms with Gasteiger partial charge in [0, 0.05) is 11.3 Å². The molecule has 1 saturated carbocycles. The molecule has 2 fully saturated rings. The molecule has 2 aliphatic rings. The minimum atomic E-state index is -0.850. The maximum absolute atomic E-state index is 12.8. The monoisotopic (exact) mass is 371 g/mol. The van der Waals surface area contributed by atoms with Gasteiger partial charge in [-0.15, -0.1) is 0 Å². The van der Waals surface area contributed by atoms with Crippen molar-refractivity contribution in [2.75, 3.05) is 11.9 Å². The number of imide groups is 1. The van der Waals surface area contributed by atoms with E-state index in [0.717, 1.165) is 24.2 Å². The topological polar surface area (TPSA) is 95.6 Å². The van der Waals surface area contributed by atoms with Gasteiger partial charge in [-0.25, -0.2) is 4.79 Å². The van der Waals surface area contributed by atoms with E-state index in [4.69, 9.17) is 0 Å². The molecule has 1 aliphatic heterocycles. The van der Waals surface area contributed by atoms with Crippen LogP contribution >= 0.6 is 0 Å². The van der Waals surface area contributed by atoms with Gasteiger partial charge in [-0.2, -0.15) is 0 Å². The van der Waals surface area contributed by atoms with Crippen molar-refractivity contribution in [1.82, 2.24) is 10.2 Å². The van der Waals surface area contributed by atoms with E-state index >= 15 is 0 Å². The van der Waals surface area contributed by atoms with Gasteiger partial charge in [0.2, 0.25) is 5.91 Å². The molecule has 4 amide bonds. The molecule has 7 heteroatoms. The second-order valence-electron chi connectivity index (χ2n) is 7.44. The molecule has 0 bridgehead atoms. The molecule has 0 unspecified atom stereocenters. The highest BCUT2D eigenvalue weighted by Crippen LogP contribution is 2.37. The Morgan fingerprint density at radius 1 is 1.26 bits per heavy atom. The molecule has 0 atom stereocenters. The Balaban J connectivity index is 1.64. The van der Waals surface area contributed by atoms with Gasteiger partial charge in [0.25, 0.3) is 5.91 Å². The second kappa shape index (κ2) is 7.50.